The topological polar surface area (TPSA) is 55.2 Å². The van der Waals surface area contributed by atoms with Crippen molar-refractivity contribution in [3.63, 3.8) is 0 Å². The first-order valence-corrected chi connectivity index (χ1v) is 11.4. The third-order valence-corrected chi connectivity index (χ3v) is 6.40. The van der Waals surface area contributed by atoms with Crippen LogP contribution in [0.25, 0.3) is 11.3 Å². The lowest BCUT2D eigenvalue weighted by Crippen LogP contribution is -2.45. The third-order valence-electron chi connectivity index (χ3n) is 5.75. The summed E-state index contributed by atoms with van der Waals surface area (Å²) in [5.41, 5.74) is 2.43. The molecule has 0 bridgehead atoms. The number of piperazine rings is 1. The van der Waals surface area contributed by atoms with Crippen molar-refractivity contribution in [2.24, 2.45) is 0 Å². The molecule has 3 aromatic rings. The number of hydrogen-bond donors (Lipinski definition) is 0. The van der Waals surface area contributed by atoms with Crippen molar-refractivity contribution in [2.45, 2.75) is 13.1 Å². The van der Waals surface area contributed by atoms with Gasteiger partial charge in [-0.3, -0.25) is 9.80 Å². The van der Waals surface area contributed by atoms with Gasteiger partial charge in [0.25, 0.3) is 0 Å². The summed E-state index contributed by atoms with van der Waals surface area (Å²) in [6.45, 7) is 5.37. The van der Waals surface area contributed by atoms with Gasteiger partial charge in [0.2, 0.25) is 0 Å². The van der Waals surface area contributed by atoms with Gasteiger partial charge in [-0.1, -0.05) is 30.3 Å². The lowest BCUT2D eigenvalue weighted by Gasteiger charge is -2.34. The van der Waals surface area contributed by atoms with Crippen molar-refractivity contribution in [3.05, 3.63) is 80.6 Å². The van der Waals surface area contributed by atoms with Crippen LogP contribution in [-0.4, -0.2) is 50.2 Å². The Morgan fingerprint density at radius 1 is 0.875 bits per heavy atom. The molecule has 0 atom stereocenters. The molecule has 2 aromatic carbocycles. The summed E-state index contributed by atoms with van der Waals surface area (Å²) in [6.07, 6.45) is 0. The van der Waals surface area contributed by atoms with Crippen LogP contribution in [0.5, 0.6) is 11.5 Å². The lowest BCUT2D eigenvalue weighted by atomic mass is 10.1. The molecule has 4 rings (SSSR count). The van der Waals surface area contributed by atoms with Gasteiger partial charge in [0.05, 0.1) is 19.8 Å². The summed E-state index contributed by atoms with van der Waals surface area (Å²) in [7, 11) is 3.16. The molecule has 0 amide bonds. The largest absolute Gasteiger partial charge is 0.493 e. The van der Waals surface area contributed by atoms with Crippen molar-refractivity contribution in [3.8, 4) is 22.8 Å². The van der Waals surface area contributed by atoms with Gasteiger partial charge in [-0.05, 0) is 45.8 Å². The molecular weight excluding hydrogens is 472 g/mol. The monoisotopic (exact) mass is 498 g/mol. The van der Waals surface area contributed by atoms with Gasteiger partial charge in [0, 0.05) is 49.3 Å². The molecule has 1 fully saturated rings. The first-order valence-electron chi connectivity index (χ1n) is 10.6. The molecule has 0 spiro atoms. The molecule has 0 radical (unpaired) electrons. The number of hydrogen-bond acceptors (Lipinski definition) is 6. The second-order valence-corrected chi connectivity index (χ2v) is 8.69. The van der Waals surface area contributed by atoms with Crippen LogP contribution in [-0.2, 0) is 13.1 Å². The van der Waals surface area contributed by atoms with E-state index in [9.17, 15) is 4.79 Å². The molecule has 0 unspecified atom stereocenters. The Morgan fingerprint density at radius 3 is 2.12 bits per heavy atom. The molecule has 0 saturated carbocycles. The Labute approximate surface area is 196 Å². The highest BCUT2D eigenvalue weighted by atomic mass is 79.9. The average molecular weight is 499 g/mol. The fourth-order valence-corrected chi connectivity index (χ4v) is 4.45. The van der Waals surface area contributed by atoms with Crippen molar-refractivity contribution in [1.82, 2.24) is 9.80 Å². The molecule has 1 aliphatic heterocycles. The number of rotatable bonds is 7. The molecule has 168 valence electrons. The fraction of sp³-hybridized carbons (Fsp3) is 0.320. The molecule has 1 aromatic heterocycles. The van der Waals surface area contributed by atoms with Gasteiger partial charge >= 0.3 is 5.63 Å². The maximum atomic E-state index is 12.7. The molecule has 0 aliphatic carbocycles. The van der Waals surface area contributed by atoms with Crippen molar-refractivity contribution in [1.29, 1.82) is 0 Å². The number of methoxy groups -OCH3 is 2. The normalized spacial score (nSPS) is 15.0. The van der Waals surface area contributed by atoms with Crippen LogP contribution in [0.2, 0.25) is 0 Å². The van der Waals surface area contributed by atoms with Crippen LogP contribution < -0.4 is 15.1 Å². The smallest absolute Gasteiger partial charge is 0.340 e. The molecule has 2 heterocycles. The van der Waals surface area contributed by atoms with Crippen LogP contribution in [0.1, 0.15) is 11.1 Å². The van der Waals surface area contributed by atoms with Crippen LogP contribution in [0.4, 0.5) is 0 Å². The van der Waals surface area contributed by atoms with Gasteiger partial charge in [-0.25, -0.2) is 4.79 Å². The molecule has 0 N–H and O–H groups in total. The van der Waals surface area contributed by atoms with Gasteiger partial charge < -0.3 is 13.9 Å². The molecule has 32 heavy (non-hydrogen) atoms. The second kappa shape index (κ2) is 10.3. The van der Waals surface area contributed by atoms with Crippen LogP contribution in [0, 0.1) is 0 Å². The first-order chi connectivity index (χ1) is 15.6. The first kappa shape index (κ1) is 22.6. The zero-order valence-electron chi connectivity index (χ0n) is 18.3. The van der Waals surface area contributed by atoms with E-state index in [0.717, 1.165) is 42.8 Å². The molecule has 1 saturated heterocycles. The minimum absolute atomic E-state index is 0.309. The van der Waals surface area contributed by atoms with Gasteiger partial charge in [0.1, 0.15) is 5.76 Å². The van der Waals surface area contributed by atoms with Crippen LogP contribution in [0.3, 0.4) is 0 Å². The lowest BCUT2D eigenvalue weighted by molar-refractivity contribution is 0.121. The summed E-state index contributed by atoms with van der Waals surface area (Å²) in [4.78, 5) is 17.5. The van der Waals surface area contributed by atoms with Gasteiger partial charge in [0.15, 0.2) is 11.5 Å². The molecule has 7 heteroatoms. The predicted octanol–water partition coefficient (Wildman–Crippen LogP) is 4.40. The van der Waals surface area contributed by atoms with E-state index in [2.05, 4.69) is 50.0 Å². The highest BCUT2D eigenvalue weighted by Gasteiger charge is 2.19. The Hall–Kier alpha value is -2.61. The van der Waals surface area contributed by atoms with E-state index in [1.807, 2.05) is 18.2 Å². The predicted molar refractivity (Wildman–Crippen MR) is 128 cm³/mol. The van der Waals surface area contributed by atoms with E-state index in [0.29, 0.717) is 29.4 Å². The fourth-order valence-electron chi connectivity index (χ4n) is 3.94. The Kier molecular flexibility index (Phi) is 7.29. The zero-order valence-corrected chi connectivity index (χ0v) is 19.9. The van der Waals surface area contributed by atoms with E-state index in [4.69, 9.17) is 13.9 Å². The van der Waals surface area contributed by atoms with E-state index >= 15 is 0 Å². The molecule has 1 aliphatic rings. The van der Waals surface area contributed by atoms with E-state index in [1.54, 1.807) is 26.4 Å². The summed E-state index contributed by atoms with van der Waals surface area (Å²) in [6, 6.07) is 17.8. The minimum atomic E-state index is -0.309. The Morgan fingerprint density at radius 2 is 1.50 bits per heavy atom. The summed E-state index contributed by atoms with van der Waals surface area (Å²) in [5.74, 6) is 1.67. The van der Waals surface area contributed by atoms with Crippen LogP contribution >= 0.6 is 15.9 Å². The van der Waals surface area contributed by atoms with Crippen LogP contribution in [0.15, 0.2) is 68.3 Å². The quantitative estimate of drug-likeness (QED) is 0.481. The molecule has 6 nitrogen and oxygen atoms in total. The van der Waals surface area contributed by atoms with Crippen molar-refractivity contribution < 1.29 is 13.9 Å². The number of benzene rings is 2. The second-order valence-electron chi connectivity index (χ2n) is 7.84. The maximum absolute atomic E-state index is 12.7. The summed E-state index contributed by atoms with van der Waals surface area (Å²) in [5, 5.41) is 0. The highest BCUT2D eigenvalue weighted by molar-refractivity contribution is 9.10. The summed E-state index contributed by atoms with van der Waals surface area (Å²) < 4.78 is 17.1. The standard InChI is InChI=1S/C25H27BrN2O4/c1-30-23-14-20(21(26)15-24(23)31-2)22-9-8-19(25(29)32-22)17-28-12-10-27(11-13-28)16-18-6-4-3-5-7-18/h3-9,14-15H,10-13,16-17H2,1-2H3. The van der Waals surface area contributed by atoms with Gasteiger partial charge in [-0.2, -0.15) is 0 Å². The Balaban J connectivity index is 1.41. The minimum Gasteiger partial charge on any atom is -0.493 e. The van der Waals surface area contributed by atoms with Crippen molar-refractivity contribution in [2.75, 3.05) is 40.4 Å². The van der Waals surface area contributed by atoms with E-state index in [1.165, 1.54) is 5.56 Å². The van der Waals surface area contributed by atoms with E-state index < -0.39 is 0 Å². The summed E-state index contributed by atoms with van der Waals surface area (Å²) >= 11 is 3.53. The van der Waals surface area contributed by atoms with Crippen molar-refractivity contribution >= 4 is 15.9 Å². The SMILES string of the molecule is COc1cc(Br)c(-c2ccc(CN3CCN(Cc4ccccc4)CC3)c(=O)o2)cc1OC. The third kappa shape index (κ3) is 5.23. The zero-order chi connectivity index (χ0) is 22.5. The van der Waals surface area contributed by atoms with E-state index in [-0.39, 0.29) is 5.63 Å². The number of halogens is 1. The molecular formula is C25H27BrN2O4. The maximum Gasteiger partial charge on any atom is 0.340 e. The Bertz CT molecular complexity index is 1110. The number of ether oxygens (including phenoxy) is 2. The average Bonchev–Trinajstić information content (AvgIpc) is 2.82. The van der Waals surface area contributed by atoms with Gasteiger partial charge in [-0.15, -0.1) is 0 Å². The highest BCUT2D eigenvalue weighted by Crippen LogP contribution is 2.38. The number of nitrogens with zero attached hydrogens (tertiary/aromatic N) is 2.